The molecule has 0 saturated heterocycles. The molecule has 3 nitrogen and oxygen atoms in total. The van der Waals surface area contributed by atoms with Crippen LogP contribution in [0, 0.1) is 5.82 Å². The van der Waals surface area contributed by atoms with Crippen molar-refractivity contribution < 1.29 is 9.18 Å². The van der Waals surface area contributed by atoms with Gasteiger partial charge in [0.05, 0.1) is 0 Å². The average Bonchev–Trinajstić information content (AvgIpc) is 3.17. The van der Waals surface area contributed by atoms with Crippen LogP contribution in [0.1, 0.15) is 29.0 Å². The van der Waals surface area contributed by atoms with Crippen molar-refractivity contribution in [3.05, 3.63) is 108 Å². The number of carbonyl (C=O) groups excluding carboxylic acids is 1. The third-order valence-corrected chi connectivity index (χ3v) is 5.22. The first kappa shape index (κ1) is 18.9. The van der Waals surface area contributed by atoms with E-state index in [0.717, 1.165) is 28.5 Å². The Kier molecular flexibility index (Phi) is 5.71. The Hall–Kier alpha value is -3.40. The number of H-pyrrole nitrogens is 1. The molecular formula is C25H23FN2O. The Bertz CT molecular complexity index is 1100. The minimum Gasteiger partial charge on any atom is -0.361 e. The Morgan fingerprint density at radius 1 is 0.966 bits per heavy atom. The van der Waals surface area contributed by atoms with Crippen LogP contribution in [0.15, 0.2) is 85.1 Å². The van der Waals surface area contributed by atoms with Crippen LogP contribution >= 0.6 is 0 Å². The molecule has 4 heteroatoms. The van der Waals surface area contributed by atoms with Crippen LogP contribution in [-0.2, 0) is 11.2 Å². The van der Waals surface area contributed by atoms with Crippen molar-refractivity contribution in [2.45, 2.75) is 18.8 Å². The van der Waals surface area contributed by atoms with Gasteiger partial charge in [0.2, 0.25) is 5.91 Å². The first-order chi connectivity index (χ1) is 14.2. The number of fused-ring (bicyclic) bond motifs is 1. The van der Waals surface area contributed by atoms with Crippen LogP contribution in [0.4, 0.5) is 4.39 Å². The fourth-order valence-electron chi connectivity index (χ4n) is 3.76. The normalized spacial score (nSPS) is 12.0. The van der Waals surface area contributed by atoms with Gasteiger partial charge in [-0.15, -0.1) is 0 Å². The minimum absolute atomic E-state index is 0.0412. The molecule has 2 N–H and O–H groups in total. The van der Waals surface area contributed by atoms with E-state index in [4.69, 9.17) is 0 Å². The van der Waals surface area contributed by atoms with Crippen molar-refractivity contribution in [2.24, 2.45) is 0 Å². The van der Waals surface area contributed by atoms with Gasteiger partial charge in [0, 0.05) is 36.0 Å². The molecule has 29 heavy (non-hydrogen) atoms. The second kappa shape index (κ2) is 8.74. The highest BCUT2D eigenvalue weighted by Crippen LogP contribution is 2.33. The Morgan fingerprint density at radius 3 is 2.59 bits per heavy atom. The number of carbonyl (C=O) groups is 1. The summed E-state index contributed by atoms with van der Waals surface area (Å²) in [5, 5.41) is 4.07. The predicted octanol–water partition coefficient (Wildman–Crippen LogP) is 5.19. The molecule has 0 spiro atoms. The lowest BCUT2D eigenvalue weighted by Gasteiger charge is -2.17. The number of aromatic amines is 1. The van der Waals surface area contributed by atoms with Gasteiger partial charge < -0.3 is 10.3 Å². The summed E-state index contributed by atoms with van der Waals surface area (Å²) in [6.45, 7) is 0.576. The summed E-state index contributed by atoms with van der Waals surface area (Å²) in [6, 6.07) is 24.6. The maximum absolute atomic E-state index is 13.9. The molecule has 1 heterocycles. The highest BCUT2D eigenvalue weighted by atomic mass is 19.1. The number of amides is 1. The van der Waals surface area contributed by atoms with E-state index in [1.807, 2.05) is 66.9 Å². The number of halogens is 1. The summed E-state index contributed by atoms with van der Waals surface area (Å²) in [7, 11) is 0. The standard InChI is InChI=1S/C25H23FN2O/c26-20-10-6-9-19(15-20)22(23-17-28-24-12-5-4-11-21(23)24)16-25(29)27-14-13-18-7-2-1-3-8-18/h1-12,15,17,22,28H,13-14,16H2,(H,27,29). The molecule has 1 unspecified atom stereocenters. The summed E-state index contributed by atoms with van der Waals surface area (Å²) >= 11 is 0. The zero-order valence-corrected chi connectivity index (χ0v) is 16.1. The molecule has 3 aromatic carbocycles. The molecule has 0 aliphatic rings. The summed E-state index contributed by atoms with van der Waals surface area (Å²) in [4.78, 5) is 16.0. The molecule has 0 saturated carbocycles. The second-order valence-corrected chi connectivity index (χ2v) is 7.19. The van der Waals surface area contributed by atoms with Crippen molar-refractivity contribution >= 4 is 16.8 Å². The quantitative estimate of drug-likeness (QED) is 0.451. The van der Waals surface area contributed by atoms with Crippen molar-refractivity contribution in [2.75, 3.05) is 6.54 Å². The van der Waals surface area contributed by atoms with E-state index >= 15 is 0 Å². The van der Waals surface area contributed by atoms with Gasteiger partial charge in [-0.3, -0.25) is 4.79 Å². The number of benzene rings is 3. The van der Waals surface area contributed by atoms with Crippen molar-refractivity contribution in [3.63, 3.8) is 0 Å². The van der Waals surface area contributed by atoms with E-state index in [1.54, 1.807) is 6.07 Å². The summed E-state index contributed by atoms with van der Waals surface area (Å²) < 4.78 is 13.9. The highest BCUT2D eigenvalue weighted by Gasteiger charge is 2.21. The van der Waals surface area contributed by atoms with Gasteiger partial charge in [-0.2, -0.15) is 0 Å². The second-order valence-electron chi connectivity index (χ2n) is 7.19. The van der Waals surface area contributed by atoms with E-state index in [0.29, 0.717) is 6.54 Å². The van der Waals surface area contributed by atoms with E-state index in [2.05, 4.69) is 10.3 Å². The molecular weight excluding hydrogens is 363 g/mol. The van der Waals surface area contributed by atoms with Gasteiger partial charge in [-0.1, -0.05) is 60.7 Å². The maximum Gasteiger partial charge on any atom is 0.220 e. The van der Waals surface area contributed by atoms with Crippen LogP contribution in [0.3, 0.4) is 0 Å². The van der Waals surface area contributed by atoms with Gasteiger partial charge in [-0.25, -0.2) is 4.39 Å². The predicted molar refractivity (Wildman–Crippen MR) is 114 cm³/mol. The Labute approximate surface area is 169 Å². The van der Waals surface area contributed by atoms with E-state index < -0.39 is 0 Å². The third-order valence-electron chi connectivity index (χ3n) is 5.22. The lowest BCUT2D eigenvalue weighted by Crippen LogP contribution is -2.27. The van der Waals surface area contributed by atoms with Crippen LogP contribution in [0.25, 0.3) is 10.9 Å². The summed E-state index contributed by atoms with van der Waals surface area (Å²) in [5.41, 5.74) is 4.00. The topological polar surface area (TPSA) is 44.9 Å². The first-order valence-corrected chi connectivity index (χ1v) is 9.83. The monoisotopic (exact) mass is 386 g/mol. The molecule has 4 rings (SSSR count). The minimum atomic E-state index is -0.295. The lowest BCUT2D eigenvalue weighted by molar-refractivity contribution is -0.121. The zero-order chi connectivity index (χ0) is 20.1. The zero-order valence-electron chi connectivity index (χ0n) is 16.1. The molecule has 146 valence electrons. The van der Waals surface area contributed by atoms with Crippen LogP contribution in [0.2, 0.25) is 0 Å². The SMILES string of the molecule is O=C(CC(c1cccc(F)c1)c1c[nH]c2ccccc12)NCCc1ccccc1. The smallest absolute Gasteiger partial charge is 0.220 e. The first-order valence-electron chi connectivity index (χ1n) is 9.83. The lowest BCUT2D eigenvalue weighted by atomic mass is 9.88. The van der Waals surface area contributed by atoms with E-state index in [1.165, 1.54) is 17.7 Å². The molecule has 0 aliphatic heterocycles. The average molecular weight is 386 g/mol. The molecule has 1 atom stereocenters. The number of aromatic nitrogens is 1. The van der Waals surface area contributed by atoms with Gasteiger partial charge in [0.25, 0.3) is 0 Å². The highest BCUT2D eigenvalue weighted by molar-refractivity contribution is 5.86. The molecule has 4 aromatic rings. The molecule has 0 aliphatic carbocycles. The van der Waals surface area contributed by atoms with Crippen LogP contribution in [-0.4, -0.2) is 17.4 Å². The summed E-state index contributed by atoms with van der Waals surface area (Å²) in [6.07, 6.45) is 2.97. The molecule has 0 bridgehead atoms. The number of rotatable bonds is 7. The maximum atomic E-state index is 13.9. The van der Waals surface area contributed by atoms with Crippen molar-refractivity contribution in [3.8, 4) is 0 Å². The Balaban J connectivity index is 1.53. The fraction of sp³-hybridized carbons (Fsp3) is 0.160. The summed E-state index contributed by atoms with van der Waals surface area (Å²) in [5.74, 6) is -0.559. The van der Waals surface area contributed by atoms with Gasteiger partial charge in [0.1, 0.15) is 5.82 Å². The number of hydrogen-bond acceptors (Lipinski definition) is 1. The third kappa shape index (κ3) is 4.54. The number of para-hydroxylation sites is 1. The Morgan fingerprint density at radius 2 is 1.76 bits per heavy atom. The van der Waals surface area contributed by atoms with E-state index in [9.17, 15) is 9.18 Å². The van der Waals surface area contributed by atoms with E-state index in [-0.39, 0.29) is 24.1 Å². The van der Waals surface area contributed by atoms with Gasteiger partial charge >= 0.3 is 0 Å². The molecule has 0 fully saturated rings. The van der Waals surface area contributed by atoms with Crippen molar-refractivity contribution in [1.29, 1.82) is 0 Å². The largest absolute Gasteiger partial charge is 0.361 e. The fourth-order valence-corrected chi connectivity index (χ4v) is 3.76. The molecule has 1 aromatic heterocycles. The number of hydrogen-bond donors (Lipinski definition) is 2. The molecule has 1 amide bonds. The van der Waals surface area contributed by atoms with Crippen LogP contribution in [0.5, 0.6) is 0 Å². The van der Waals surface area contributed by atoms with Gasteiger partial charge in [-0.05, 0) is 41.3 Å². The van der Waals surface area contributed by atoms with Gasteiger partial charge in [0.15, 0.2) is 0 Å². The number of nitrogens with one attached hydrogen (secondary N) is 2. The van der Waals surface area contributed by atoms with Crippen molar-refractivity contribution in [1.82, 2.24) is 10.3 Å². The molecule has 0 radical (unpaired) electrons. The van der Waals surface area contributed by atoms with Crippen LogP contribution < -0.4 is 5.32 Å².